The first kappa shape index (κ1) is 14.0. The number of nitrogens with zero attached hydrogens (tertiary/aromatic N) is 1. The topological polar surface area (TPSA) is 20.3 Å². The van der Waals surface area contributed by atoms with E-state index in [2.05, 4.69) is 0 Å². The van der Waals surface area contributed by atoms with E-state index in [-0.39, 0.29) is 11.6 Å². The van der Waals surface area contributed by atoms with E-state index in [1.54, 1.807) is 11.9 Å². The summed E-state index contributed by atoms with van der Waals surface area (Å²) in [6, 6.07) is 3.14. The van der Waals surface area contributed by atoms with Crippen molar-refractivity contribution in [1.29, 1.82) is 0 Å². The summed E-state index contributed by atoms with van der Waals surface area (Å²) >= 11 is 0. The second kappa shape index (κ2) is 6.13. The lowest BCUT2D eigenvalue weighted by molar-refractivity contribution is 0.0712. The third-order valence-corrected chi connectivity index (χ3v) is 3.85. The lowest BCUT2D eigenvalue weighted by Crippen LogP contribution is -2.37. The summed E-state index contributed by atoms with van der Waals surface area (Å²) in [6.07, 6.45) is 6.44. The standard InChI is InChI=1S/C15H19F2NO/c1-18(12-6-4-2-3-5-7-12)15(19)13-10-11(16)8-9-14(13)17/h8-10,12H,2-7H2,1H3. The predicted molar refractivity (Wildman–Crippen MR) is 69.9 cm³/mol. The van der Waals surface area contributed by atoms with Gasteiger partial charge in [-0.1, -0.05) is 25.7 Å². The second-order valence-corrected chi connectivity index (χ2v) is 5.19. The van der Waals surface area contributed by atoms with Crippen molar-refractivity contribution in [3.63, 3.8) is 0 Å². The Morgan fingerprint density at radius 1 is 1.16 bits per heavy atom. The first-order valence-corrected chi connectivity index (χ1v) is 6.82. The van der Waals surface area contributed by atoms with Crippen LogP contribution in [0.4, 0.5) is 8.78 Å². The molecule has 0 heterocycles. The van der Waals surface area contributed by atoms with Crippen molar-refractivity contribution in [1.82, 2.24) is 4.90 Å². The smallest absolute Gasteiger partial charge is 0.256 e. The van der Waals surface area contributed by atoms with Crippen LogP contribution in [0.2, 0.25) is 0 Å². The van der Waals surface area contributed by atoms with Gasteiger partial charge in [-0.15, -0.1) is 0 Å². The number of hydrogen-bond acceptors (Lipinski definition) is 1. The van der Waals surface area contributed by atoms with Gasteiger partial charge < -0.3 is 4.90 Å². The van der Waals surface area contributed by atoms with Crippen LogP contribution >= 0.6 is 0 Å². The van der Waals surface area contributed by atoms with Gasteiger partial charge in [0.25, 0.3) is 5.91 Å². The van der Waals surface area contributed by atoms with Gasteiger partial charge in [-0.3, -0.25) is 4.79 Å². The number of rotatable bonds is 2. The molecule has 4 heteroatoms. The van der Waals surface area contributed by atoms with Gasteiger partial charge in [0.1, 0.15) is 11.6 Å². The Morgan fingerprint density at radius 3 is 2.42 bits per heavy atom. The summed E-state index contributed by atoms with van der Waals surface area (Å²) in [5.41, 5.74) is -0.174. The van der Waals surface area contributed by atoms with Gasteiger partial charge in [0.2, 0.25) is 0 Å². The van der Waals surface area contributed by atoms with Gasteiger partial charge in [-0.2, -0.15) is 0 Å². The second-order valence-electron chi connectivity index (χ2n) is 5.19. The third kappa shape index (κ3) is 3.31. The SMILES string of the molecule is CN(C(=O)c1cc(F)ccc1F)C1CCCCCC1. The normalized spacial score (nSPS) is 17.0. The summed E-state index contributed by atoms with van der Waals surface area (Å²) in [4.78, 5) is 13.8. The Kier molecular flexibility index (Phi) is 4.51. The van der Waals surface area contributed by atoms with Crippen LogP contribution in [0.1, 0.15) is 48.9 Å². The molecule has 1 fully saturated rings. The summed E-state index contributed by atoms with van der Waals surface area (Å²) in [7, 11) is 1.68. The summed E-state index contributed by atoms with van der Waals surface area (Å²) < 4.78 is 26.8. The van der Waals surface area contributed by atoms with Gasteiger partial charge in [-0.05, 0) is 31.0 Å². The molecule has 2 rings (SSSR count). The van der Waals surface area contributed by atoms with Crippen LogP contribution in [0.25, 0.3) is 0 Å². The quantitative estimate of drug-likeness (QED) is 0.747. The van der Waals surface area contributed by atoms with Crippen LogP contribution in [0, 0.1) is 11.6 Å². The highest BCUT2D eigenvalue weighted by Gasteiger charge is 2.24. The Balaban J connectivity index is 2.15. The van der Waals surface area contributed by atoms with Crippen LogP contribution in [-0.2, 0) is 0 Å². The van der Waals surface area contributed by atoms with Crippen LogP contribution in [0.3, 0.4) is 0 Å². The molecule has 104 valence electrons. The van der Waals surface area contributed by atoms with Gasteiger partial charge in [0, 0.05) is 13.1 Å². The molecule has 1 saturated carbocycles. The van der Waals surface area contributed by atoms with Crippen LogP contribution in [-0.4, -0.2) is 23.9 Å². The molecule has 0 spiro atoms. The van der Waals surface area contributed by atoms with E-state index in [1.807, 2.05) is 0 Å². The maximum Gasteiger partial charge on any atom is 0.256 e. The Labute approximate surface area is 112 Å². The fourth-order valence-corrected chi connectivity index (χ4v) is 2.66. The monoisotopic (exact) mass is 267 g/mol. The Bertz CT molecular complexity index is 453. The van der Waals surface area contributed by atoms with E-state index in [0.29, 0.717) is 0 Å². The number of halogens is 2. The van der Waals surface area contributed by atoms with Gasteiger partial charge in [0.15, 0.2) is 0 Å². The molecular weight excluding hydrogens is 248 g/mol. The van der Waals surface area contributed by atoms with Crippen LogP contribution in [0.15, 0.2) is 18.2 Å². The summed E-state index contributed by atoms with van der Waals surface area (Å²) in [5.74, 6) is -1.67. The summed E-state index contributed by atoms with van der Waals surface area (Å²) in [5, 5.41) is 0. The molecule has 0 unspecified atom stereocenters. The Hall–Kier alpha value is -1.45. The molecule has 0 aliphatic heterocycles. The minimum atomic E-state index is -0.660. The van der Waals surface area contributed by atoms with E-state index in [9.17, 15) is 13.6 Å². The fraction of sp³-hybridized carbons (Fsp3) is 0.533. The molecule has 1 aliphatic carbocycles. The zero-order valence-corrected chi connectivity index (χ0v) is 11.2. The number of amides is 1. The zero-order chi connectivity index (χ0) is 13.8. The first-order chi connectivity index (χ1) is 9.09. The minimum absolute atomic E-state index is 0.137. The molecule has 2 nitrogen and oxygen atoms in total. The lowest BCUT2D eigenvalue weighted by atomic mass is 10.1. The predicted octanol–water partition coefficient (Wildman–Crippen LogP) is 3.76. The summed E-state index contributed by atoms with van der Waals surface area (Å²) in [6.45, 7) is 0. The zero-order valence-electron chi connectivity index (χ0n) is 11.2. The van der Waals surface area contributed by atoms with Gasteiger partial charge in [0.05, 0.1) is 5.56 Å². The minimum Gasteiger partial charge on any atom is -0.339 e. The third-order valence-electron chi connectivity index (χ3n) is 3.85. The van der Waals surface area contributed by atoms with E-state index < -0.39 is 17.5 Å². The molecule has 0 atom stereocenters. The van der Waals surface area contributed by atoms with Crippen molar-refractivity contribution in [2.45, 2.75) is 44.6 Å². The molecule has 0 aromatic heterocycles. The molecule has 0 radical (unpaired) electrons. The average molecular weight is 267 g/mol. The van der Waals surface area contributed by atoms with Gasteiger partial charge in [-0.25, -0.2) is 8.78 Å². The maximum absolute atomic E-state index is 13.6. The molecule has 1 aromatic rings. The molecule has 1 aromatic carbocycles. The highest BCUT2D eigenvalue weighted by Crippen LogP contribution is 2.23. The van der Waals surface area contributed by atoms with Crippen molar-refractivity contribution in [3.05, 3.63) is 35.4 Å². The van der Waals surface area contributed by atoms with E-state index in [1.165, 1.54) is 12.8 Å². The van der Waals surface area contributed by atoms with Gasteiger partial charge >= 0.3 is 0 Å². The maximum atomic E-state index is 13.6. The first-order valence-electron chi connectivity index (χ1n) is 6.82. The van der Waals surface area contributed by atoms with E-state index >= 15 is 0 Å². The number of carbonyl (C=O) groups is 1. The number of benzene rings is 1. The number of carbonyl (C=O) groups excluding carboxylic acids is 1. The molecule has 1 amide bonds. The lowest BCUT2D eigenvalue weighted by Gasteiger charge is -2.27. The van der Waals surface area contributed by atoms with Crippen molar-refractivity contribution in [2.75, 3.05) is 7.05 Å². The van der Waals surface area contributed by atoms with Crippen molar-refractivity contribution >= 4 is 5.91 Å². The molecule has 0 bridgehead atoms. The highest BCUT2D eigenvalue weighted by atomic mass is 19.1. The van der Waals surface area contributed by atoms with Crippen molar-refractivity contribution < 1.29 is 13.6 Å². The van der Waals surface area contributed by atoms with Crippen molar-refractivity contribution in [2.24, 2.45) is 0 Å². The number of hydrogen-bond donors (Lipinski definition) is 0. The van der Waals surface area contributed by atoms with Crippen molar-refractivity contribution in [3.8, 4) is 0 Å². The highest BCUT2D eigenvalue weighted by molar-refractivity contribution is 5.94. The van der Waals surface area contributed by atoms with E-state index in [4.69, 9.17) is 0 Å². The molecule has 1 aliphatic rings. The molecule has 19 heavy (non-hydrogen) atoms. The molecule has 0 N–H and O–H groups in total. The van der Waals surface area contributed by atoms with Crippen LogP contribution < -0.4 is 0 Å². The fourth-order valence-electron chi connectivity index (χ4n) is 2.66. The molecular formula is C15H19F2NO. The average Bonchev–Trinajstić information content (AvgIpc) is 2.69. The largest absolute Gasteiger partial charge is 0.339 e. The molecule has 0 saturated heterocycles. The Morgan fingerprint density at radius 2 is 1.79 bits per heavy atom. The van der Waals surface area contributed by atoms with E-state index in [0.717, 1.165) is 43.9 Å². The van der Waals surface area contributed by atoms with Crippen LogP contribution in [0.5, 0.6) is 0 Å².